The van der Waals surface area contributed by atoms with Crippen LogP contribution >= 0.6 is 27.5 Å². The van der Waals surface area contributed by atoms with E-state index >= 15 is 0 Å². The van der Waals surface area contributed by atoms with Gasteiger partial charge in [0.05, 0.1) is 16.7 Å². The Morgan fingerprint density at radius 3 is 2.94 bits per heavy atom. The van der Waals surface area contributed by atoms with Crippen LogP contribution in [0.2, 0.25) is 5.02 Å². The first-order valence-electron chi connectivity index (χ1n) is 5.13. The molecule has 0 N–H and O–H groups in total. The second kappa shape index (κ2) is 5.14. The van der Waals surface area contributed by atoms with E-state index in [2.05, 4.69) is 26.2 Å². The van der Waals surface area contributed by atoms with Gasteiger partial charge in [0.2, 0.25) is 0 Å². The minimum absolute atomic E-state index is 0.131. The summed E-state index contributed by atoms with van der Waals surface area (Å²) in [6, 6.07) is 4.45. The zero-order chi connectivity index (χ0) is 12.4. The van der Waals surface area contributed by atoms with E-state index in [0.717, 1.165) is 12.1 Å². The second-order valence-electron chi connectivity index (χ2n) is 3.56. The molecule has 1 unspecified atom stereocenters. The molecule has 0 amide bonds. The van der Waals surface area contributed by atoms with Crippen LogP contribution in [-0.2, 0) is 0 Å². The molecule has 0 aliphatic rings. The lowest BCUT2D eigenvalue weighted by molar-refractivity contribution is 0.607. The van der Waals surface area contributed by atoms with Crippen molar-refractivity contribution in [2.75, 3.05) is 0 Å². The first kappa shape index (κ1) is 12.5. The zero-order valence-corrected chi connectivity index (χ0v) is 11.4. The van der Waals surface area contributed by atoms with Crippen molar-refractivity contribution in [3.63, 3.8) is 0 Å². The molecule has 17 heavy (non-hydrogen) atoms. The van der Waals surface area contributed by atoms with Crippen LogP contribution in [0.15, 0.2) is 24.4 Å². The fraction of sp³-hybridized carbons (Fsp3) is 0.273. The van der Waals surface area contributed by atoms with Crippen molar-refractivity contribution < 1.29 is 4.39 Å². The van der Waals surface area contributed by atoms with Crippen molar-refractivity contribution in [3.8, 4) is 5.69 Å². The highest BCUT2D eigenvalue weighted by atomic mass is 79.9. The Hall–Kier alpha value is -0.940. The maximum atomic E-state index is 13.6. The first-order chi connectivity index (χ1) is 8.11. The number of rotatable bonds is 3. The van der Waals surface area contributed by atoms with E-state index in [4.69, 9.17) is 11.6 Å². The Labute approximate surface area is 112 Å². The fourth-order valence-electron chi connectivity index (χ4n) is 1.41. The molecule has 0 saturated heterocycles. The molecule has 3 nitrogen and oxygen atoms in total. The normalized spacial score (nSPS) is 12.7. The molecule has 0 bridgehead atoms. The maximum absolute atomic E-state index is 13.6. The molecule has 6 heteroatoms. The van der Waals surface area contributed by atoms with Gasteiger partial charge < -0.3 is 0 Å². The molecule has 1 atom stereocenters. The van der Waals surface area contributed by atoms with Gasteiger partial charge in [-0.3, -0.25) is 0 Å². The Bertz CT molecular complexity index is 529. The van der Waals surface area contributed by atoms with Gasteiger partial charge in [-0.2, -0.15) is 0 Å². The molecule has 0 saturated carbocycles. The van der Waals surface area contributed by atoms with Crippen molar-refractivity contribution in [2.45, 2.75) is 18.2 Å². The highest BCUT2D eigenvalue weighted by Gasteiger charge is 2.12. The highest BCUT2D eigenvalue weighted by Crippen LogP contribution is 2.25. The molecule has 0 fully saturated rings. The fourth-order valence-corrected chi connectivity index (χ4v) is 1.78. The van der Waals surface area contributed by atoms with E-state index in [-0.39, 0.29) is 4.83 Å². The van der Waals surface area contributed by atoms with E-state index < -0.39 is 5.82 Å². The molecule has 2 rings (SSSR count). The number of hydrogen-bond donors (Lipinski definition) is 0. The van der Waals surface area contributed by atoms with Crippen LogP contribution in [0.4, 0.5) is 4.39 Å². The van der Waals surface area contributed by atoms with Gasteiger partial charge >= 0.3 is 0 Å². The Morgan fingerprint density at radius 2 is 2.29 bits per heavy atom. The third kappa shape index (κ3) is 2.66. The van der Waals surface area contributed by atoms with Gasteiger partial charge in [-0.1, -0.05) is 39.7 Å². The predicted octanol–water partition coefficient (Wildman–Crippen LogP) is 3.91. The molecule has 1 aromatic carbocycles. The molecule has 90 valence electrons. The smallest absolute Gasteiger partial charge is 0.150 e. The quantitative estimate of drug-likeness (QED) is 0.803. The molecule has 2 aromatic rings. The zero-order valence-electron chi connectivity index (χ0n) is 9.07. The van der Waals surface area contributed by atoms with Gasteiger partial charge in [-0.15, -0.1) is 5.10 Å². The summed E-state index contributed by atoms with van der Waals surface area (Å²) in [6.45, 7) is 2.03. The molecule has 0 aliphatic heterocycles. The molecular weight excluding hydrogens is 308 g/mol. The van der Waals surface area contributed by atoms with Crippen LogP contribution in [0.25, 0.3) is 5.69 Å². The summed E-state index contributed by atoms with van der Waals surface area (Å²) in [4.78, 5) is 0.131. The van der Waals surface area contributed by atoms with Crippen molar-refractivity contribution >= 4 is 27.5 Å². The van der Waals surface area contributed by atoms with E-state index in [1.807, 2.05) is 6.92 Å². The van der Waals surface area contributed by atoms with Gasteiger partial charge in [-0.05, 0) is 24.6 Å². The van der Waals surface area contributed by atoms with Crippen LogP contribution in [0, 0.1) is 5.82 Å². The Kier molecular flexibility index (Phi) is 3.79. The van der Waals surface area contributed by atoms with Crippen molar-refractivity contribution in [2.24, 2.45) is 0 Å². The van der Waals surface area contributed by atoms with Gasteiger partial charge in [0.1, 0.15) is 11.5 Å². The van der Waals surface area contributed by atoms with Gasteiger partial charge in [0.25, 0.3) is 0 Å². The predicted molar refractivity (Wildman–Crippen MR) is 68.3 cm³/mol. The highest BCUT2D eigenvalue weighted by molar-refractivity contribution is 9.09. The lowest BCUT2D eigenvalue weighted by Crippen LogP contribution is -1.98. The monoisotopic (exact) mass is 317 g/mol. The third-order valence-electron chi connectivity index (χ3n) is 2.35. The Balaban J connectivity index is 2.37. The van der Waals surface area contributed by atoms with E-state index in [9.17, 15) is 4.39 Å². The van der Waals surface area contributed by atoms with Crippen LogP contribution in [0.5, 0.6) is 0 Å². The summed E-state index contributed by atoms with van der Waals surface area (Å²) in [5, 5.41) is 8.25. The maximum Gasteiger partial charge on any atom is 0.150 e. The number of hydrogen-bond acceptors (Lipinski definition) is 2. The van der Waals surface area contributed by atoms with Crippen molar-refractivity contribution in [3.05, 3.63) is 40.9 Å². The first-order valence-corrected chi connectivity index (χ1v) is 6.43. The summed E-state index contributed by atoms with van der Waals surface area (Å²) in [5.74, 6) is -0.420. The van der Waals surface area contributed by atoms with Crippen LogP contribution < -0.4 is 0 Å². The van der Waals surface area contributed by atoms with E-state index in [1.165, 1.54) is 10.7 Å². The summed E-state index contributed by atoms with van der Waals surface area (Å²) in [7, 11) is 0. The molecule has 1 aromatic heterocycles. The van der Waals surface area contributed by atoms with Crippen LogP contribution in [0.3, 0.4) is 0 Å². The summed E-state index contributed by atoms with van der Waals surface area (Å²) in [5.41, 5.74) is 1.12. The lowest BCUT2D eigenvalue weighted by atomic mass is 10.2. The molecule has 0 radical (unpaired) electrons. The number of benzene rings is 1. The van der Waals surface area contributed by atoms with Crippen molar-refractivity contribution in [1.29, 1.82) is 0 Å². The number of nitrogens with zero attached hydrogens (tertiary/aromatic N) is 3. The number of halogens is 3. The van der Waals surface area contributed by atoms with E-state index in [0.29, 0.717) is 10.7 Å². The molecule has 0 aliphatic carbocycles. The Morgan fingerprint density at radius 1 is 1.53 bits per heavy atom. The van der Waals surface area contributed by atoms with Gasteiger partial charge in [-0.25, -0.2) is 9.07 Å². The third-order valence-corrected chi connectivity index (χ3v) is 3.70. The average molecular weight is 319 g/mol. The van der Waals surface area contributed by atoms with E-state index in [1.54, 1.807) is 18.3 Å². The number of alkyl halides is 1. The van der Waals surface area contributed by atoms with Gasteiger partial charge in [0.15, 0.2) is 0 Å². The minimum Gasteiger partial charge on any atom is -0.217 e. The minimum atomic E-state index is -0.420. The topological polar surface area (TPSA) is 30.7 Å². The molecule has 0 spiro atoms. The van der Waals surface area contributed by atoms with Crippen LogP contribution in [0.1, 0.15) is 23.9 Å². The molecular formula is C11H10BrClFN3. The average Bonchev–Trinajstić information content (AvgIpc) is 2.77. The molecule has 1 heterocycles. The van der Waals surface area contributed by atoms with Crippen LogP contribution in [-0.4, -0.2) is 15.0 Å². The lowest BCUT2D eigenvalue weighted by Gasteiger charge is -2.02. The summed E-state index contributed by atoms with van der Waals surface area (Å²) < 4.78 is 15.1. The van der Waals surface area contributed by atoms with Crippen molar-refractivity contribution in [1.82, 2.24) is 15.0 Å². The number of aromatic nitrogens is 3. The summed E-state index contributed by atoms with van der Waals surface area (Å²) in [6.07, 6.45) is 2.59. The largest absolute Gasteiger partial charge is 0.217 e. The standard InChI is InChI=1S/C11H10BrClFN3/c1-2-8(12)10-6-17(16-15-10)11-4-3-7(13)5-9(11)14/h3-6,8H,2H2,1H3. The second-order valence-corrected chi connectivity index (χ2v) is 5.10. The van der Waals surface area contributed by atoms with Gasteiger partial charge in [0, 0.05) is 5.02 Å². The SMILES string of the molecule is CCC(Br)c1cn(-c2ccc(Cl)cc2F)nn1. The summed E-state index contributed by atoms with van der Waals surface area (Å²) >= 11 is 9.16.